The van der Waals surface area contributed by atoms with Crippen molar-refractivity contribution in [2.24, 2.45) is 0 Å². The van der Waals surface area contributed by atoms with Crippen molar-refractivity contribution >= 4 is 27.3 Å². The Hall–Kier alpha value is -2.32. The van der Waals surface area contributed by atoms with Crippen molar-refractivity contribution in [1.82, 2.24) is 0 Å². The Labute approximate surface area is 165 Å². The van der Waals surface area contributed by atoms with Gasteiger partial charge in [0.2, 0.25) is 0 Å². The lowest BCUT2D eigenvalue weighted by atomic mass is 9.84. The van der Waals surface area contributed by atoms with Crippen LogP contribution in [0.3, 0.4) is 0 Å². The van der Waals surface area contributed by atoms with Crippen LogP contribution in [0.4, 0.5) is 11.4 Å². The number of halogens is 1. The van der Waals surface area contributed by atoms with E-state index >= 15 is 0 Å². The topological polar surface area (TPSA) is 85.1 Å². The van der Waals surface area contributed by atoms with Crippen molar-refractivity contribution in [2.75, 3.05) is 32.2 Å². The highest BCUT2D eigenvalue weighted by molar-refractivity contribution is 9.10. The lowest BCUT2D eigenvalue weighted by molar-refractivity contribution is -0.384. The molecule has 3 rings (SSSR count). The molecule has 0 radical (unpaired) electrons. The minimum absolute atomic E-state index is 0.0441. The molecule has 27 heavy (non-hydrogen) atoms. The summed E-state index contributed by atoms with van der Waals surface area (Å²) >= 11 is 3.42. The average molecular weight is 437 g/mol. The van der Waals surface area contributed by atoms with Gasteiger partial charge in [0.1, 0.15) is 11.5 Å². The van der Waals surface area contributed by atoms with E-state index in [9.17, 15) is 15.2 Å². The zero-order valence-corrected chi connectivity index (χ0v) is 16.7. The lowest BCUT2D eigenvalue weighted by Crippen LogP contribution is -2.42. The molecule has 144 valence electrons. The van der Waals surface area contributed by atoms with Crippen molar-refractivity contribution in [2.45, 2.75) is 18.4 Å². The standard InChI is InChI=1S/C19H21BrN2O5/c1-26-15-9-13(10-16(12-15)27-2)19(23)5-7-21(8-6-19)18-4-3-14(22(24)25)11-17(18)20/h3-4,9-12,23H,5-8H2,1-2H3. The van der Waals surface area contributed by atoms with Crippen LogP contribution >= 0.6 is 15.9 Å². The van der Waals surface area contributed by atoms with Gasteiger partial charge in [-0.3, -0.25) is 10.1 Å². The summed E-state index contributed by atoms with van der Waals surface area (Å²) in [7, 11) is 3.16. The first-order valence-corrected chi connectivity index (χ1v) is 9.30. The Kier molecular flexibility index (Phi) is 5.57. The van der Waals surface area contributed by atoms with Crippen LogP contribution in [0.15, 0.2) is 40.9 Å². The number of ether oxygens (including phenoxy) is 2. The van der Waals surface area contributed by atoms with Crippen molar-refractivity contribution in [3.8, 4) is 11.5 Å². The fraction of sp³-hybridized carbons (Fsp3) is 0.368. The molecule has 8 heteroatoms. The molecule has 2 aromatic carbocycles. The van der Waals surface area contributed by atoms with Crippen molar-refractivity contribution in [1.29, 1.82) is 0 Å². The third kappa shape index (κ3) is 4.01. The molecule has 0 aromatic heterocycles. The molecule has 0 amide bonds. The smallest absolute Gasteiger partial charge is 0.270 e. The zero-order chi connectivity index (χ0) is 19.6. The molecule has 2 aromatic rings. The van der Waals surface area contributed by atoms with Crippen LogP contribution in [0.2, 0.25) is 0 Å². The van der Waals surface area contributed by atoms with E-state index in [-0.39, 0.29) is 5.69 Å². The molecule has 0 unspecified atom stereocenters. The summed E-state index contributed by atoms with van der Waals surface area (Å²) < 4.78 is 11.3. The summed E-state index contributed by atoms with van der Waals surface area (Å²) in [5.74, 6) is 1.27. The maximum absolute atomic E-state index is 11.2. The summed E-state index contributed by atoms with van der Waals surface area (Å²) in [4.78, 5) is 12.6. The molecule has 1 N–H and O–H groups in total. The Morgan fingerprint density at radius 3 is 2.19 bits per heavy atom. The van der Waals surface area contributed by atoms with Crippen LogP contribution in [0, 0.1) is 10.1 Å². The summed E-state index contributed by atoms with van der Waals surface area (Å²) in [6.45, 7) is 1.23. The first kappa shape index (κ1) is 19.4. The van der Waals surface area contributed by atoms with E-state index in [1.165, 1.54) is 12.1 Å². The molecule has 0 aliphatic carbocycles. The quantitative estimate of drug-likeness (QED) is 0.565. The predicted molar refractivity (Wildman–Crippen MR) is 106 cm³/mol. The highest BCUT2D eigenvalue weighted by atomic mass is 79.9. The number of nitro groups is 1. The van der Waals surface area contributed by atoms with Gasteiger partial charge >= 0.3 is 0 Å². The van der Waals surface area contributed by atoms with Gasteiger partial charge in [0.05, 0.1) is 30.4 Å². The van der Waals surface area contributed by atoms with Crippen LogP contribution in [0.5, 0.6) is 11.5 Å². The SMILES string of the molecule is COc1cc(OC)cc(C2(O)CCN(c3ccc([N+](=O)[O-])cc3Br)CC2)c1. The van der Waals surface area contributed by atoms with Gasteiger partial charge in [0.15, 0.2) is 0 Å². The molecule has 0 atom stereocenters. The fourth-order valence-electron chi connectivity index (χ4n) is 3.35. The molecule has 0 spiro atoms. The number of benzene rings is 2. The van der Waals surface area contributed by atoms with Crippen molar-refractivity contribution < 1.29 is 19.5 Å². The second-order valence-electron chi connectivity index (χ2n) is 6.51. The van der Waals surface area contributed by atoms with E-state index in [1.54, 1.807) is 26.4 Å². The second kappa shape index (κ2) is 7.74. The van der Waals surface area contributed by atoms with Crippen LogP contribution in [-0.4, -0.2) is 37.3 Å². The number of non-ortho nitro benzene ring substituents is 1. The molecule has 1 heterocycles. The number of hydrogen-bond acceptors (Lipinski definition) is 6. The van der Waals surface area contributed by atoms with Crippen LogP contribution in [-0.2, 0) is 5.60 Å². The van der Waals surface area contributed by atoms with Gasteiger partial charge in [0, 0.05) is 35.8 Å². The Balaban J connectivity index is 1.79. The monoisotopic (exact) mass is 436 g/mol. The predicted octanol–water partition coefficient (Wildman–Crippen LogP) is 3.86. The molecule has 1 aliphatic heterocycles. The normalized spacial score (nSPS) is 16.1. The number of anilines is 1. The van der Waals surface area contributed by atoms with Crippen LogP contribution < -0.4 is 14.4 Å². The van der Waals surface area contributed by atoms with E-state index in [4.69, 9.17) is 9.47 Å². The molecular formula is C19H21BrN2O5. The number of methoxy groups -OCH3 is 2. The van der Waals surface area contributed by atoms with Crippen LogP contribution in [0.25, 0.3) is 0 Å². The van der Waals surface area contributed by atoms with E-state index in [2.05, 4.69) is 20.8 Å². The first-order valence-electron chi connectivity index (χ1n) is 8.51. The van der Waals surface area contributed by atoms with Gasteiger partial charge in [-0.2, -0.15) is 0 Å². The van der Waals surface area contributed by atoms with Crippen molar-refractivity contribution in [3.63, 3.8) is 0 Å². The van der Waals surface area contributed by atoms with Gasteiger partial charge in [-0.05, 0) is 52.5 Å². The van der Waals surface area contributed by atoms with Crippen LogP contribution in [0.1, 0.15) is 18.4 Å². The summed E-state index contributed by atoms with van der Waals surface area (Å²) in [5.41, 5.74) is 0.709. The number of rotatable bonds is 5. The molecular weight excluding hydrogens is 416 g/mol. The molecule has 0 bridgehead atoms. The van der Waals surface area contributed by atoms with E-state index in [1.807, 2.05) is 12.1 Å². The summed E-state index contributed by atoms with van der Waals surface area (Å²) in [6, 6.07) is 10.2. The molecule has 1 fully saturated rings. The van der Waals surface area contributed by atoms with E-state index in [0.29, 0.717) is 41.9 Å². The number of aliphatic hydroxyl groups is 1. The third-order valence-corrected chi connectivity index (χ3v) is 5.60. The number of nitrogens with zero attached hydrogens (tertiary/aromatic N) is 2. The summed E-state index contributed by atoms with van der Waals surface area (Å²) in [5, 5.41) is 22.1. The molecule has 1 saturated heterocycles. The maximum atomic E-state index is 11.2. The number of piperidine rings is 1. The van der Waals surface area contributed by atoms with Crippen molar-refractivity contribution in [3.05, 3.63) is 56.5 Å². The van der Waals surface area contributed by atoms with Gasteiger partial charge in [-0.15, -0.1) is 0 Å². The third-order valence-electron chi connectivity index (χ3n) is 4.96. The fourth-order valence-corrected chi connectivity index (χ4v) is 3.97. The maximum Gasteiger partial charge on any atom is 0.270 e. The first-order chi connectivity index (χ1) is 12.9. The summed E-state index contributed by atoms with van der Waals surface area (Å²) in [6.07, 6.45) is 1.04. The second-order valence-corrected chi connectivity index (χ2v) is 7.37. The zero-order valence-electron chi connectivity index (χ0n) is 15.1. The molecule has 7 nitrogen and oxygen atoms in total. The minimum Gasteiger partial charge on any atom is -0.497 e. The largest absolute Gasteiger partial charge is 0.497 e. The van der Waals surface area contributed by atoms with E-state index < -0.39 is 10.5 Å². The minimum atomic E-state index is -0.981. The highest BCUT2D eigenvalue weighted by Crippen LogP contribution is 2.39. The Morgan fingerprint density at radius 2 is 1.70 bits per heavy atom. The molecule has 1 aliphatic rings. The number of nitro benzene ring substituents is 1. The Morgan fingerprint density at radius 1 is 1.11 bits per heavy atom. The van der Waals surface area contributed by atoms with Gasteiger partial charge in [-0.1, -0.05) is 0 Å². The van der Waals surface area contributed by atoms with E-state index in [0.717, 1.165) is 11.3 Å². The average Bonchev–Trinajstić information content (AvgIpc) is 2.68. The Bertz CT molecular complexity index is 828. The van der Waals surface area contributed by atoms with Gasteiger partial charge < -0.3 is 19.5 Å². The number of hydrogen-bond donors (Lipinski definition) is 1. The van der Waals surface area contributed by atoms with Gasteiger partial charge in [0.25, 0.3) is 5.69 Å². The molecule has 0 saturated carbocycles. The lowest BCUT2D eigenvalue weighted by Gasteiger charge is -2.40. The van der Waals surface area contributed by atoms with Gasteiger partial charge in [-0.25, -0.2) is 0 Å². The highest BCUT2D eigenvalue weighted by Gasteiger charge is 2.35.